The summed E-state index contributed by atoms with van der Waals surface area (Å²) in [6.45, 7) is 0.662. The van der Waals surface area contributed by atoms with E-state index < -0.39 is 0 Å². The molecule has 21 heavy (non-hydrogen) atoms. The Labute approximate surface area is 137 Å². The first-order valence-electron chi connectivity index (χ1n) is 6.41. The van der Waals surface area contributed by atoms with Gasteiger partial charge in [-0.2, -0.15) is 0 Å². The van der Waals surface area contributed by atoms with Gasteiger partial charge in [-0.3, -0.25) is 0 Å². The third-order valence-corrected chi connectivity index (χ3v) is 4.57. The van der Waals surface area contributed by atoms with Crippen LogP contribution in [0.3, 0.4) is 0 Å². The van der Waals surface area contributed by atoms with E-state index in [1.165, 1.54) is 0 Å². The summed E-state index contributed by atoms with van der Waals surface area (Å²) < 4.78 is 0. The molecule has 1 aromatic heterocycles. The summed E-state index contributed by atoms with van der Waals surface area (Å²) in [6.07, 6.45) is 0. The zero-order chi connectivity index (χ0) is 14.7. The number of aromatic nitrogens is 1. The Hall–Kier alpha value is -1.55. The molecular formula is C16H12Cl2N2S. The molecule has 0 atom stereocenters. The van der Waals surface area contributed by atoms with Crippen LogP contribution in [-0.4, -0.2) is 4.98 Å². The molecule has 0 aliphatic heterocycles. The van der Waals surface area contributed by atoms with Crippen molar-refractivity contribution in [2.45, 2.75) is 6.54 Å². The quantitative estimate of drug-likeness (QED) is 0.659. The third kappa shape index (κ3) is 3.56. The molecule has 5 heteroatoms. The standard InChI is InChI=1S/C16H12Cl2N2S/c17-13-7-6-12(8-14(13)18)19-9-16-20-15(10-21-16)11-4-2-1-3-5-11/h1-8,10,19H,9H2. The molecule has 0 spiro atoms. The maximum Gasteiger partial charge on any atom is 0.112 e. The minimum absolute atomic E-state index is 0.547. The average Bonchev–Trinajstić information content (AvgIpc) is 2.98. The van der Waals surface area contributed by atoms with Crippen molar-refractivity contribution in [1.29, 1.82) is 0 Å². The zero-order valence-electron chi connectivity index (χ0n) is 11.0. The smallest absolute Gasteiger partial charge is 0.112 e. The Bertz CT molecular complexity index is 741. The van der Waals surface area contributed by atoms with E-state index in [1.807, 2.05) is 30.3 Å². The molecule has 0 aliphatic carbocycles. The number of nitrogens with zero attached hydrogens (tertiary/aromatic N) is 1. The molecule has 0 saturated carbocycles. The molecule has 3 rings (SSSR count). The lowest BCUT2D eigenvalue weighted by atomic mass is 10.2. The summed E-state index contributed by atoms with van der Waals surface area (Å²) in [4.78, 5) is 4.63. The highest BCUT2D eigenvalue weighted by molar-refractivity contribution is 7.09. The van der Waals surface area contributed by atoms with Crippen LogP contribution in [0.2, 0.25) is 10.0 Å². The predicted molar refractivity (Wildman–Crippen MR) is 91.3 cm³/mol. The number of rotatable bonds is 4. The fourth-order valence-electron chi connectivity index (χ4n) is 1.92. The number of hydrogen-bond acceptors (Lipinski definition) is 3. The van der Waals surface area contributed by atoms with Crippen LogP contribution in [-0.2, 0) is 6.54 Å². The molecule has 1 heterocycles. The Kier molecular flexibility index (Phi) is 4.44. The van der Waals surface area contributed by atoms with Crippen LogP contribution in [0, 0.1) is 0 Å². The van der Waals surface area contributed by atoms with Gasteiger partial charge in [0.2, 0.25) is 0 Å². The second-order valence-electron chi connectivity index (χ2n) is 4.47. The summed E-state index contributed by atoms with van der Waals surface area (Å²) in [6, 6.07) is 15.7. The topological polar surface area (TPSA) is 24.9 Å². The highest BCUT2D eigenvalue weighted by Crippen LogP contribution is 2.26. The van der Waals surface area contributed by atoms with Crippen molar-refractivity contribution < 1.29 is 0 Å². The van der Waals surface area contributed by atoms with Crippen LogP contribution in [0.15, 0.2) is 53.9 Å². The summed E-state index contributed by atoms with van der Waals surface area (Å²) in [5, 5.41) is 7.50. The number of hydrogen-bond donors (Lipinski definition) is 1. The van der Waals surface area contributed by atoms with E-state index in [0.29, 0.717) is 16.6 Å². The van der Waals surface area contributed by atoms with Gasteiger partial charge in [0, 0.05) is 16.6 Å². The second kappa shape index (κ2) is 6.48. The summed E-state index contributed by atoms with van der Waals surface area (Å²) in [7, 11) is 0. The molecule has 0 unspecified atom stereocenters. The first-order valence-corrected chi connectivity index (χ1v) is 8.05. The SMILES string of the molecule is Clc1ccc(NCc2nc(-c3ccccc3)cs2)cc1Cl. The Morgan fingerprint density at radius 3 is 2.57 bits per heavy atom. The largest absolute Gasteiger partial charge is 0.378 e. The Morgan fingerprint density at radius 1 is 1.00 bits per heavy atom. The minimum atomic E-state index is 0.547. The van der Waals surface area contributed by atoms with Crippen molar-refractivity contribution in [2.24, 2.45) is 0 Å². The lowest BCUT2D eigenvalue weighted by molar-refractivity contribution is 1.11. The van der Waals surface area contributed by atoms with E-state index >= 15 is 0 Å². The van der Waals surface area contributed by atoms with Gasteiger partial charge in [-0.1, -0.05) is 53.5 Å². The van der Waals surface area contributed by atoms with Crippen LogP contribution < -0.4 is 5.32 Å². The number of anilines is 1. The van der Waals surface area contributed by atoms with E-state index in [2.05, 4.69) is 27.8 Å². The van der Waals surface area contributed by atoms with Gasteiger partial charge in [0.15, 0.2) is 0 Å². The summed E-state index contributed by atoms with van der Waals surface area (Å²) in [5.74, 6) is 0. The van der Waals surface area contributed by atoms with Crippen molar-refractivity contribution in [3.05, 3.63) is 69.0 Å². The fraction of sp³-hybridized carbons (Fsp3) is 0.0625. The van der Waals surface area contributed by atoms with Crippen LogP contribution in [0.5, 0.6) is 0 Å². The lowest BCUT2D eigenvalue weighted by Gasteiger charge is -2.05. The Morgan fingerprint density at radius 2 is 1.81 bits per heavy atom. The molecular weight excluding hydrogens is 323 g/mol. The highest BCUT2D eigenvalue weighted by Gasteiger charge is 2.05. The maximum absolute atomic E-state index is 5.99. The van der Waals surface area contributed by atoms with E-state index in [9.17, 15) is 0 Å². The average molecular weight is 335 g/mol. The molecule has 0 radical (unpaired) electrons. The van der Waals surface area contributed by atoms with Gasteiger partial charge in [-0.15, -0.1) is 11.3 Å². The van der Waals surface area contributed by atoms with Crippen LogP contribution in [0.1, 0.15) is 5.01 Å². The van der Waals surface area contributed by atoms with Crippen molar-refractivity contribution in [3.63, 3.8) is 0 Å². The lowest BCUT2D eigenvalue weighted by Crippen LogP contribution is -1.98. The van der Waals surface area contributed by atoms with E-state index in [0.717, 1.165) is 22.0 Å². The number of thiazole rings is 1. The minimum Gasteiger partial charge on any atom is -0.378 e. The number of benzene rings is 2. The molecule has 106 valence electrons. The third-order valence-electron chi connectivity index (χ3n) is 2.98. The fourth-order valence-corrected chi connectivity index (χ4v) is 2.96. The Balaban J connectivity index is 1.69. The first kappa shape index (κ1) is 14.4. The van der Waals surface area contributed by atoms with Gasteiger partial charge < -0.3 is 5.32 Å². The van der Waals surface area contributed by atoms with Crippen LogP contribution in [0.4, 0.5) is 5.69 Å². The number of nitrogens with one attached hydrogen (secondary N) is 1. The van der Waals surface area contributed by atoms with Crippen molar-refractivity contribution in [3.8, 4) is 11.3 Å². The molecule has 0 amide bonds. The van der Waals surface area contributed by atoms with Gasteiger partial charge in [-0.05, 0) is 18.2 Å². The predicted octanol–water partition coefficient (Wildman–Crippen LogP) is 5.73. The monoisotopic (exact) mass is 334 g/mol. The van der Waals surface area contributed by atoms with Crippen molar-refractivity contribution >= 4 is 40.2 Å². The van der Waals surface area contributed by atoms with Crippen molar-refractivity contribution in [2.75, 3.05) is 5.32 Å². The second-order valence-corrected chi connectivity index (χ2v) is 6.23. The van der Waals surface area contributed by atoms with Gasteiger partial charge in [0.1, 0.15) is 5.01 Å². The molecule has 0 aliphatic rings. The van der Waals surface area contributed by atoms with E-state index in [4.69, 9.17) is 23.2 Å². The van der Waals surface area contributed by atoms with E-state index in [1.54, 1.807) is 17.4 Å². The van der Waals surface area contributed by atoms with Crippen LogP contribution >= 0.6 is 34.5 Å². The summed E-state index contributed by atoms with van der Waals surface area (Å²) in [5.41, 5.74) is 3.07. The molecule has 1 N–H and O–H groups in total. The summed E-state index contributed by atoms with van der Waals surface area (Å²) >= 11 is 13.5. The molecule has 3 aromatic rings. The molecule has 0 bridgehead atoms. The van der Waals surface area contributed by atoms with Crippen molar-refractivity contribution in [1.82, 2.24) is 4.98 Å². The van der Waals surface area contributed by atoms with Gasteiger partial charge in [0.25, 0.3) is 0 Å². The molecule has 2 nitrogen and oxygen atoms in total. The van der Waals surface area contributed by atoms with Crippen LogP contribution in [0.25, 0.3) is 11.3 Å². The maximum atomic E-state index is 5.99. The number of halogens is 2. The van der Waals surface area contributed by atoms with E-state index in [-0.39, 0.29) is 0 Å². The highest BCUT2D eigenvalue weighted by atomic mass is 35.5. The molecule has 2 aromatic carbocycles. The zero-order valence-corrected chi connectivity index (χ0v) is 13.3. The van der Waals surface area contributed by atoms with Gasteiger partial charge in [0.05, 0.1) is 22.3 Å². The van der Waals surface area contributed by atoms with Gasteiger partial charge >= 0.3 is 0 Å². The molecule has 0 fully saturated rings. The van der Waals surface area contributed by atoms with Gasteiger partial charge in [-0.25, -0.2) is 4.98 Å². The first-order chi connectivity index (χ1) is 10.2. The normalized spacial score (nSPS) is 10.6. The molecule has 0 saturated heterocycles.